The molecule has 0 amide bonds. The van der Waals surface area contributed by atoms with Gasteiger partial charge in [-0.3, -0.25) is 0 Å². The number of hydrogen-bond donors (Lipinski definition) is 2. The van der Waals surface area contributed by atoms with Crippen LogP contribution in [0.4, 0.5) is 17.2 Å². The smallest absolute Gasteiger partial charge is 0.135 e. The third-order valence-electron chi connectivity index (χ3n) is 3.71. The number of nitrogens with zero attached hydrogens (tertiary/aromatic N) is 4. The molecule has 2 aromatic carbocycles. The standard InChI is InChI=1S/C11H10ClN3O.C7H9NO.C4H2Cl2N2.ClH/c1-16-9-4-2-8(3-5-9)15-11-6-10(12)13-7-14-11;1-9-7-4-2-6(8)3-5-7;5-3-1-4(6)8-2-7-3;/h2-7H,1H3,(H,13,14,15);2-5H,8H2,1H3;1-2H;1H. The van der Waals surface area contributed by atoms with Crippen LogP contribution in [-0.2, 0) is 0 Å². The highest BCUT2D eigenvalue weighted by Crippen LogP contribution is 2.19. The Balaban J connectivity index is 0.000000274. The lowest BCUT2D eigenvalue weighted by Gasteiger charge is -2.06. The summed E-state index contributed by atoms with van der Waals surface area (Å²) >= 11 is 16.6. The molecule has 0 saturated carbocycles. The van der Waals surface area contributed by atoms with Crippen molar-refractivity contribution in [1.29, 1.82) is 0 Å². The molecule has 0 radical (unpaired) electrons. The molecule has 0 atom stereocenters. The fraction of sp³-hybridized carbons (Fsp3) is 0.0909. The first-order valence-electron chi connectivity index (χ1n) is 9.31. The van der Waals surface area contributed by atoms with Crippen LogP contribution in [0.15, 0.2) is 73.3 Å². The van der Waals surface area contributed by atoms with Crippen molar-refractivity contribution in [2.24, 2.45) is 0 Å². The van der Waals surface area contributed by atoms with E-state index in [1.165, 1.54) is 18.7 Å². The average Bonchev–Trinajstić information content (AvgIpc) is 2.81. The largest absolute Gasteiger partial charge is 0.497 e. The molecule has 0 aliphatic rings. The van der Waals surface area contributed by atoms with E-state index in [1.54, 1.807) is 32.4 Å². The minimum atomic E-state index is 0. The van der Waals surface area contributed by atoms with Crippen molar-refractivity contribution in [3.05, 3.63) is 88.8 Å². The van der Waals surface area contributed by atoms with Gasteiger partial charge in [-0.25, -0.2) is 19.9 Å². The van der Waals surface area contributed by atoms with Gasteiger partial charge in [0.1, 0.15) is 45.4 Å². The number of rotatable bonds is 4. The molecule has 3 N–H and O–H groups in total. The zero-order chi connectivity index (χ0) is 24.1. The monoisotopic (exact) mass is 542 g/mol. The molecule has 0 spiro atoms. The first kappa shape index (κ1) is 29.0. The number of aromatic nitrogens is 4. The maximum absolute atomic E-state index is 5.75. The summed E-state index contributed by atoms with van der Waals surface area (Å²) in [5.74, 6) is 2.31. The van der Waals surface area contributed by atoms with Gasteiger partial charge >= 0.3 is 0 Å². The van der Waals surface area contributed by atoms with Crippen LogP contribution in [0.1, 0.15) is 0 Å². The molecule has 0 bridgehead atoms. The van der Waals surface area contributed by atoms with Gasteiger partial charge in [-0.15, -0.1) is 12.4 Å². The first-order chi connectivity index (χ1) is 15.9. The van der Waals surface area contributed by atoms with Crippen LogP contribution in [0.5, 0.6) is 11.5 Å². The van der Waals surface area contributed by atoms with E-state index in [9.17, 15) is 0 Å². The van der Waals surface area contributed by atoms with Crippen LogP contribution in [0, 0.1) is 0 Å². The number of anilines is 3. The summed E-state index contributed by atoms with van der Waals surface area (Å²) in [4.78, 5) is 15.1. The van der Waals surface area contributed by atoms with Crippen molar-refractivity contribution < 1.29 is 9.47 Å². The summed E-state index contributed by atoms with van der Waals surface area (Å²) in [5, 5.41) is 4.24. The van der Waals surface area contributed by atoms with Crippen molar-refractivity contribution in [2.75, 3.05) is 25.3 Å². The predicted octanol–water partition coefficient (Wildman–Crippen LogP) is 6.36. The van der Waals surface area contributed by atoms with E-state index in [-0.39, 0.29) is 12.4 Å². The van der Waals surface area contributed by atoms with Gasteiger partial charge in [0.05, 0.1) is 14.2 Å². The Bertz CT molecular complexity index is 1100. The summed E-state index contributed by atoms with van der Waals surface area (Å²) in [6.07, 6.45) is 2.72. The lowest BCUT2D eigenvalue weighted by molar-refractivity contribution is 0.415. The molecular weight excluding hydrogens is 522 g/mol. The van der Waals surface area contributed by atoms with Crippen LogP contribution in [0.2, 0.25) is 15.5 Å². The normalized spacial score (nSPS) is 9.21. The number of hydrogen-bond acceptors (Lipinski definition) is 8. The fourth-order valence-electron chi connectivity index (χ4n) is 2.14. The molecule has 34 heavy (non-hydrogen) atoms. The average molecular weight is 544 g/mol. The number of nitrogens with one attached hydrogen (secondary N) is 1. The van der Waals surface area contributed by atoms with Crippen LogP contribution in [0.3, 0.4) is 0 Å². The minimum Gasteiger partial charge on any atom is -0.497 e. The summed E-state index contributed by atoms with van der Waals surface area (Å²) in [6, 6.07) is 17.9. The molecule has 0 saturated heterocycles. The van der Waals surface area contributed by atoms with Crippen LogP contribution in [0.25, 0.3) is 0 Å². The Hall–Kier alpha value is -3.04. The van der Waals surface area contributed by atoms with E-state index < -0.39 is 0 Å². The van der Waals surface area contributed by atoms with Gasteiger partial charge in [0.25, 0.3) is 0 Å². The van der Waals surface area contributed by atoms with E-state index in [2.05, 4.69) is 25.3 Å². The lowest BCUT2D eigenvalue weighted by Crippen LogP contribution is -1.94. The summed E-state index contributed by atoms with van der Waals surface area (Å²) in [5.41, 5.74) is 7.10. The van der Waals surface area contributed by atoms with E-state index in [0.717, 1.165) is 22.9 Å². The minimum absolute atomic E-state index is 0. The highest BCUT2D eigenvalue weighted by molar-refractivity contribution is 6.33. The molecule has 4 rings (SSSR count). The number of methoxy groups -OCH3 is 2. The summed E-state index contributed by atoms with van der Waals surface area (Å²) in [7, 11) is 3.26. The van der Waals surface area contributed by atoms with Crippen molar-refractivity contribution in [3.63, 3.8) is 0 Å². The van der Waals surface area contributed by atoms with Crippen molar-refractivity contribution in [3.8, 4) is 11.5 Å². The highest BCUT2D eigenvalue weighted by atomic mass is 35.5. The fourth-order valence-corrected chi connectivity index (χ4v) is 2.64. The second-order valence-corrected chi connectivity index (χ2v) is 7.18. The molecule has 0 fully saturated rings. The number of benzene rings is 2. The Morgan fingerprint density at radius 1 is 0.676 bits per heavy atom. The topological polar surface area (TPSA) is 108 Å². The Kier molecular flexibility index (Phi) is 13.4. The second-order valence-electron chi connectivity index (χ2n) is 6.02. The Morgan fingerprint density at radius 3 is 1.53 bits per heavy atom. The van der Waals surface area contributed by atoms with Gasteiger partial charge in [0.15, 0.2) is 0 Å². The lowest BCUT2D eigenvalue weighted by atomic mass is 10.3. The molecule has 2 aromatic heterocycles. The van der Waals surface area contributed by atoms with Crippen LogP contribution < -0.4 is 20.5 Å². The molecule has 0 unspecified atom stereocenters. The van der Waals surface area contributed by atoms with Crippen molar-refractivity contribution in [1.82, 2.24) is 19.9 Å². The number of ether oxygens (including phenoxy) is 2. The maximum atomic E-state index is 5.75. The summed E-state index contributed by atoms with van der Waals surface area (Å²) < 4.78 is 9.98. The van der Waals surface area contributed by atoms with Gasteiger partial charge in [0.2, 0.25) is 0 Å². The third-order valence-corrected chi connectivity index (χ3v) is 4.33. The number of nitrogens with two attached hydrogens (primary N) is 1. The molecule has 0 aliphatic heterocycles. The third kappa shape index (κ3) is 11.2. The molecule has 180 valence electrons. The van der Waals surface area contributed by atoms with E-state index in [4.69, 9.17) is 50.0 Å². The van der Waals surface area contributed by atoms with Crippen molar-refractivity contribution in [2.45, 2.75) is 0 Å². The molecule has 4 aromatic rings. The van der Waals surface area contributed by atoms with Crippen molar-refractivity contribution >= 4 is 64.4 Å². The van der Waals surface area contributed by atoms with Gasteiger partial charge in [-0.2, -0.15) is 0 Å². The zero-order valence-electron chi connectivity index (χ0n) is 18.2. The van der Waals surface area contributed by atoms with Crippen LogP contribution >= 0.6 is 47.2 Å². The van der Waals surface area contributed by atoms with Crippen LogP contribution in [-0.4, -0.2) is 34.2 Å². The van der Waals surface area contributed by atoms with Gasteiger partial charge in [-0.1, -0.05) is 34.8 Å². The van der Waals surface area contributed by atoms with Gasteiger partial charge in [-0.05, 0) is 48.5 Å². The van der Waals surface area contributed by atoms with E-state index in [1.807, 2.05) is 36.4 Å². The van der Waals surface area contributed by atoms with Gasteiger partial charge < -0.3 is 20.5 Å². The highest BCUT2D eigenvalue weighted by Gasteiger charge is 1.98. The molecule has 2 heterocycles. The summed E-state index contributed by atoms with van der Waals surface area (Å²) in [6.45, 7) is 0. The SMILES string of the molecule is COc1ccc(N)cc1.COc1ccc(Nc2cc(Cl)ncn2)cc1.Cl.Clc1cc(Cl)ncn1. The maximum Gasteiger partial charge on any atom is 0.135 e. The Labute approximate surface area is 218 Å². The molecular formula is C22H22Cl4N6O2. The van der Waals surface area contributed by atoms with E-state index >= 15 is 0 Å². The number of halogens is 4. The Morgan fingerprint density at radius 2 is 1.12 bits per heavy atom. The number of nitrogen functional groups attached to an aromatic ring is 1. The second kappa shape index (κ2) is 15.7. The van der Waals surface area contributed by atoms with Gasteiger partial charge in [0, 0.05) is 23.5 Å². The molecule has 8 nitrogen and oxygen atoms in total. The quantitative estimate of drug-likeness (QED) is 0.226. The first-order valence-corrected chi connectivity index (χ1v) is 10.4. The molecule has 0 aliphatic carbocycles. The predicted molar refractivity (Wildman–Crippen MR) is 140 cm³/mol. The zero-order valence-corrected chi connectivity index (χ0v) is 21.2. The van der Waals surface area contributed by atoms with E-state index in [0.29, 0.717) is 21.3 Å². The molecule has 12 heteroatoms.